The maximum atomic E-state index is 9.23. The molecule has 1 aromatic rings. The van der Waals surface area contributed by atoms with Gasteiger partial charge in [-0.15, -0.1) is 0 Å². The van der Waals surface area contributed by atoms with Gasteiger partial charge in [0.1, 0.15) is 0 Å². The molecule has 1 heterocycles. The van der Waals surface area contributed by atoms with E-state index in [9.17, 15) is 5.11 Å². The fourth-order valence-electron chi connectivity index (χ4n) is 0.767. The molecule has 0 saturated carbocycles. The fraction of sp³-hybridized carbons (Fsp3) is 0.667. The summed E-state index contributed by atoms with van der Waals surface area (Å²) in [6, 6.07) is 0. The first kappa shape index (κ1) is 8.58. The number of ether oxygens (including phenoxy) is 1. The molecule has 4 nitrogen and oxygen atoms in total. The van der Waals surface area contributed by atoms with Crippen LogP contribution >= 0.6 is 11.7 Å². The predicted molar refractivity (Wildman–Crippen MR) is 41.5 cm³/mol. The molecule has 0 aromatic carbocycles. The van der Waals surface area contributed by atoms with Crippen LogP contribution in [0.4, 0.5) is 0 Å². The number of rotatable bonds is 4. The minimum Gasteiger partial charge on any atom is -0.390 e. The Kier molecular flexibility index (Phi) is 3.41. The van der Waals surface area contributed by atoms with Crippen molar-refractivity contribution in [3.05, 3.63) is 11.9 Å². The van der Waals surface area contributed by atoms with Crippen molar-refractivity contribution in [2.45, 2.75) is 12.5 Å². The smallest absolute Gasteiger partial charge is 0.0829 e. The van der Waals surface area contributed by atoms with E-state index in [-0.39, 0.29) is 0 Å². The summed E-state index contributed by atoms with van der Waals surface area (Å²) in [6.45, 7) is 0.345. The molecule has 11 heavy (non-hydrogen) atoms. The van der Waals surface area contributed by atoms with E-state index in [0.717, 1.165) is 17.4 Å². The SMILES string of the molecule is COCC(O)Cc1cnsn1. The Balaban J connectivity index is 2.31. The Labute approximate surface area is 69.2 Å². The van der Waals surface area contributed by atoms with E-state index in [1.807, 2.05) is 0 Å². The van der Waals surface area contributed by atoms with E-state index in [2.05, 4.69) is 8.75 Å². The molecule has 0 radical (unpaired) electrons. The predicted octanol–water partition coefficient (Wildman–Crippen LogP) is 0.0879. The highest BCUT2D eigenvalue weighted by Crippen LogP contribution is 2.00. The molecule has 0 aliphatic heterocycles. The van der Waals surface area contributed by atoms with E-state index in [0.29, 0.717) is 13.0 Å². The highest BCUT2D eigenvalue weighted by molar-refractivity contribution is 6.99. The van der Waals surface area contributed by atoms with Crippen LogP contribution in [-0.2, 0) is 11.2 Å². The monoisotopic (exact) mass is 174 g/mol. The zero-order valence-electron chi connectivity index (χ0n) is 6.23. The van der Waals surface area contributed by atoms with Crippen molar-refractivity contribution in [1.82, 2.24) is 8.75 Å². The van der Waals surface area contributed by atoms with Gasteiger partial charge in [-0.1, -0.05) is 0 Å². The second kappa shape index (κ2) is 4.38. The third-order valence-corrected chi connectivity index (χ3v) is 1.73. The molecule has 0 saturated heterocycles. The first-order valence-corrected chi connectivity index (χ1v) is 3.99. The molecule has 1 rings (SSSR count). The van der Waals surface area contributed by atoms with Gasteiger partial charge in [-0.2, -0.15) is 8.75 Å². The Morgan fingerprint density at radius 1 is 1.82 bits per heavy atom. The second-order valence-corrected chi connectivity index (χ2v) is 2.77. The van der Waals surface area contributed by atoms with Gasteiger partial charge in [0, 0.05) is 13.5 Å². The third kappa shape index (κ3) is 2.92. The molecule has 1 unspecified atom stereocenters. The summed E-state index contributed by atoms with van der Waals surface area (Å²) in [7, 11) is 1.56. The minimum atomic E-state index is -0.469. The normalized spacial score (nSPS) is 13.3. The van der Waals surface area contributed by atoms with Crippen LogP contribution in [-0.4, -0.2) is 33.7 Å². The zero-order chi connectivity index (χ0) is 8.10. The number of aliphatic hydroxyl groups excluding tert-OH is 1. The summed E-state index contributed by atoms with van der Waals surface area (Å²) in [5.41, 5.74) is 0.819. The highest BCUT2D eigenvalue weighted by Gasteiger charge is 2.06. The fourth-order valence-corrected chi connectivity index (χ4v) is 1.21. The second-order valence-electron chi connectivity index (χ2n) is 2.21. The first-order chi connectivity index (χ1) is 5.33. The molecular formula is C6H10N2O2S. The van der Waals surface area contributed by atoms with E-state index < -0.39 is 6.10 Å². The van der Waals surface area contributed by atoms with Crippen molar-refractivity contribution in [3.8, 4) is 0 Å². The molecule has 0 aliphatic rings. The van der Waals surface area contributed by atoms with Gasteiger partial charge in [0.15, 0.2) is 0 Å². The average Bonchev–Trinajstić information content (AvgIpc) is 2.40. The van der Waals surface area contributed by atoms with E-state index >= 15 is 0 Å². The van der Waals surface area contributed by atoms with Crippen LogP contribution in [0.2, 0.25) is 0 Å². The summed E-state index contributed by atoms with van der Waals surface area (Å²) < 4.78 is 12.5. The van der Waals surface area contributed by atoms with Crippen LogP contribution in [0.1, 0.15) is 5.69 Å². The van der Waals surface area contributed by atoms with Gasteiger partial charge >= 0.3 is 0 Å². The molecule has 0 amide bonds. The van der Waals surface area contributed by atoms with Crippen molar-refractivity contribution in [2.24, 2.45) is 0 Å². The highest BCUT2D eigenvalue weighted by atomic mass is 32.1. The summed E-state index contributed by atoms with van der Waals surface area (Å²) in [5.74, 6) is 0. The van der Waals surface area contributed by atoms with Crippen LogP contribution in [0.25, 0.3) is 0 Å². The van der Waals surface area contributed by atoms with Crippen LogP contribution in [0.15, 0.2) is 6.20 Å². The van der Waals surface area contributed by atoms with Gasteiger partial charge in [-0.05, 0) is 0 Å². The topological polar surface area (TPSA) is 55.2 Å². The van der Waals surface area contributed by atoms with Gasteiger partial charge in [0.2, 0.25) is 0 Å². The molecule has 5 heteroatoms. The summed E-state index contributed by atoms with van der Waals surface area (Å²) in [4.78, 5) is 0. The van der Waals surface area contributed by atoms with E-state index in [1.165, 1.54) is 0 Å². The van der Waals surface area contributed by atoms with Gasteiger partial charge in [0.05, 0.1) is 36.3 Å². The standard InChI is InChI=1S/C6H10N2O2S/c1-10-4-6(9)2-5-3-7-11-8-5/h3,6,9H,2,4H2,1H3. The molecule has 0 spiro atoms. The maximum absolute atomic E-state index is 9.23. The number of hydrogen-bond donors (Lipinski definition) is 1. The lowest BCUT2D eigenvalue weighted by Crippen LogP contribution is -2.16. The van der Waals surface area contributed by atoms with E-state index in [4.69, 9.17) is 4.74 Å². The van der Waals surface area contributed by atoms with Crippen LogP contribution in [0.5, 0.6) is 0 Å². The summed E-state index contributed by atoms with van der Waals surface area (Å²) in [5, 5.41) is 9.23. The summed E-state index contributed by atoms with van der Waals surface area (Å²) in [6.07, 6.45) is 1.71. The Morgan fingerprint density at radius 3 is 3.18 bits per heavy atom. The van der Waals surface area contributed by atoms with Crippen LogP contribution in [0, 0.1) is 0 Å². The van der Waals surface area contributed by atoms with Crippen molar-refractivity contribution in [1.29, 1.82) is 0 Å². The molecule has 0 aliphatic carbocycles. The van der Waals surface area contributed by atoms with Crippen molar-refractivity contribution >= 4 is 11.7 Å². The molecule has 0 fully saturated rings. The van der Waals surface area contributed by atoms with Crippen LogP contribution < -0.4 is 0 Å². The molecule has 1 N–H and O–H groups in total. The maximum Gasteiger partial charge on any atom is 0.0829 e. The Hall–Kier alpha value is -0.520. The summed E-state index contributed by atoms with van der Waals surface area (Å²) >= 11 is 1.15. The first-order valence-electron chi connectivity index (χ1n) is 3.26. The Bertz CT molecular complexity index is 190. The van der Waals surface area contributed by atoms with Crippen molar-refractivity contribution < 1.29 is 9.84 Å². The van der Waals surface area contributed by atoms with E-state index in [1.54, 1.807) is 13.3 Å². The van der Waals surface area contributed by atoms with Crippen LogP contribution in [0.3, 0.4) is 0 Å². The molecule has 1 aromatic heterocycles. The Morgan fingerprint density at radius 2 is 2.64 bits per heavy atom. The molecular weight excluding hydrogens is 164 g/mol. The minimum absolute atomic E-state index is 0.345. The number of aliphatic hydroxyl groups is 1. The lowest BCUT2D eigenvalue weighted by Gasteiger charge is -2.05. The number of aromatic nitrogens is 2. The zero-order valence-corrected chi connectivity index (χ0v) is 7.04. The molecule has 62 valence electrons. The molecule has 1 atom stereocenters. The van der Waals surface area contributed by atoms with Crippen molar-refractivity contribution in [2.75, 3.05) is 13.7 Å². The number of nitrogens with zero attached hydrogens (tertiary/aromatic N) is 2. The average molecular weight is 174 g/mol. The third-order valence-electron chi connectivity index (χ3n) is 1.21. The van der Waals surface area contributed by atoms with Gasteiger partial charge in [-0.25, -0.2) is 0 Å². The quantitative estimate of drug-likeness (QED) is 0.702. The van der Waals surface area contributed by atoms with Gasteiger partial charge in [0.25, 0.3) is 0 Å². The number of methoxy groups -OCH3 is 1. The van der Waals surface area contributed by atoms with Gasteiger partial charge in [-0.3, -0.25) is 0 Å². The lowest BCUT2D eigenvalue weighted by atomic mass is 10.2. The van der Waals surface area contributed by atoms with Gasteiger partial charge < -0.3 is 9.84 Å². The van der Waals surface area contributed by atoms with Crippen molar-refractivity contribution in [3.63, 3.8) is 0 Å². The largest absolute Gasteiger partial charge is 0.390 e. The lowest BCUT2D eigenvalue weighted by molar-refractivity contribution is 0.0645. The molecule has 0 bridgehead atoms. The number of hydrogen-bond acceptors (Lipinski definition) is 5.